The van der Waals surface area contributed by atoms with E-state index in [0.717, 1.165) is 12.4 Å². The molecule has 1 fully saturated rings. The molecule has 1 aromatic heterocycles. The molecule has 0 amide bonds. The summed E-state index contributed by atoms with van der Waals surface area (Å²) in [7, 11) is 0. The fourth-order valence-corrected chi connectivity index (χ4v) is 3.74. The molecule has 0 spiro atoms. The lowest BCUT2D eigenvalue weighted by atomic mass is 9.93. The minimum atomic E-state index is 0.576. The summed E-state index contributed by atoms with van der Waals surface area (Å²) >= 11 is 0. The van der Waals surface area contributed by atoms with Crippen LogP contribution in [0, 0.1) is 6.92 Å². The predicted molar refractivity (Wildman–Crippen MR) is 89.6 cm³/mol. The number of nitrogens with zero attached hydrogens (tertiary/aromatic N) is 2. The first-order chi connectivity index (χ1) is 10.3. The lowest BCUT2D eigenvalue weighted by molar-refractivity contribution is 0.296. The third kappa shape index (κ3) is 5.14. The standard InChI is InChI=1S/C18H33N3/c1-3-19-17-12-10-8-6-4-5-7-9-11-13-18(17)21-15-14-20-16(21)2/h14-15,17-19H,3-13H2,1-2H3. The van der Waals surface area contributed by atoms with E-state index >= 15 is 0 Å². The Hall–Kier alpha value is -0.830. The molecule has 0 saturated heterocycles. The maximum absolute atomic E-state index is 4.45. The van der Waals surface area contributed by atoms with Crippen LogP contribution in [0.4, 0.5) is 0 Å². The summed E-state index contributed by atoms with van der Waals surface area (Å²) in [5.41, 5.74) is 0. The predicted octanol–water partition coefficient (Wildman–Crippen LogP) is 4.63. The highest BCUT2D eigenvalue weighted by Gasteiger charge is 2.23. The van der Waals surface area contributed by atoms with Crippen LogP contribution >= 0.6 is 0 Å². The highest BCUT2D eigenvalue weighted by Crippen LogP contribution is 2.26. The maximum atomic E-state index is 4.45. The second kappa shape index (κ2) is 9.24. The largest absolute Gasteiger partial charge is 0.331 e. The molecule has 3 nitrogen and oxygen atoms in total. The Kier molecular flexibility index (Phi) is 7.28. The van der Waals surface area contributed by atoms with Gasteiger partial charge in [0, 0.05) is 18.4 Å². The lowest BCUT2D eigenvalue weighted by Gasteiger charge is -2.30. The van der Waals surface area contributed by atoms with Gasteiger partial charge in [0.05, 0.1) is 6.04 Å². The summed E-state index contributed by atoms with van der Waals surface area (Å²) in [5, 5.41) is 3.75. The molecule has 1 aromatic rings. The topological polar surface area (TPSA) is 29.9 Å². The van der Waals surface area contributed by atoms with E-state index in [2.05, 4.69) is 34.9 Å². The van der Waals surface area contributed by atoms with Gasteiger partial charge in [-0.15, -0.1) is 0 Å². The van der Waals surface area contributed by atoms with Crippen molar-refractivity contribution in [1.29, 1.82) is 0 Å². The molecule has 0 aromatic carbocycles. The van der Waals surface area contributed by atoms with Crippen LogP contribution in [0.5, 0.6) is 0 Å². The van der Waals surface area contributed by atoms with E-state index in [-0.39, 0.29) is 0 Å². The summed E-state index contributed by atoms with van der Waals surface area (Å²) in [5.74, 6) is 1.16. The van der Waals surface area contributed by atoms with Crippen molar-refractivity contribution in [3.8, 4) is 0 Å². The number of aromatic nitrogens is 2. The fourth-order valence-electron chi connectivity index (χ4n) is 3.74. The molecule has 2 atom stereocenters. The van der Waals surface area contributed by atoms with Gasteiger partial charge in [0.15, 0.2) is 0 Å². The average molecular weight is 291 g/mol. The van der Waals surface area contributed by atoms with Crippen LogP contribution in [-0.4, -0.2) is 22.1 Å². The molecule has 2 unspecified atom stereocenters. The fraction of sp³-hybridized carbons (Fsp3) is 0.833. The third-order valence-corrected chi connectivity index (χ3v) is 4.92. The molecule has 1 aliphatic carbocycles. The van der Waals surface area contributed by atoms with Crippen LogP contribution in [0.25, 0.3) is 0 Å². The number of hydrogen-bond donors (Lipinski definition) is 1. The molecule has 0 radical (unpaired) electrons. The zero-order chi connectivity index (χ0) is 14.9. The molecule has 1 N–H and O–H groups in total. The van der Waals surface area contributed by atoms with E-state index in [9.17, 15) is 0 Å². The first-order valence-electron chi connectivity index (χ1n) is 9.05. The first-order valence-corrected chi connectivity index (χ1v) is 9.05. The van der Waals surface area contributed by atoms with Gasteiger partial charge < -0.3 is 9.88 Å². The Morgan fingerprint density at radius 3 is 2.24 bits per heavy atom. The Morgan fingerprint density at radius 1 is 1.05 bits per heavy atom. The molecule has 2 rings (SSSR count). The van der Waals surface area contributed by atoms with Crippen LogP contribution in [0.15, 0.2) is 12.4 Å². The van der Waals surface area contributed by atoms with Gasteiger partial charge in [0.2, 0.25) is 0 Å². The minimum absolute atomic E-state index is 0.576. The van der Waals surface area contributed by atoms with Gasteiger partial charge in [-0.05, 0) is 26.3 Å². The molecule has 21 heavy (non-hydrogen) atoms. The van der Waals surface area contributed by atoms with Gasteiger partial charge in [0.25, 0.3) is 0 Å². The average Bonchev–Trinajstić information content (AvgIpc) is 2.88. The van der Waals surface area contributed by atoms with Crippen LogP contribution in [0.3, 0.4) is 0 Å². The lowest BCUT2D eigenvalue weighted by Crippen LogP contribution is -2.38. The van der Waals surface area contributed by atoms with Gasteiger partial charge in [0.1, 0.15) is 5.82 Å². The van der Waals surface area contributed by atoms with E-state index < -0.39 is 0 Å². The highest BCUT2D eigenvalue weighted by molar-refractivity contribution is 4.96. The van der Waals surface area contributed by atoms with Gasteiger partial charge in [-0.2, -0.15) is 0 Å². The molecule has 0 bridgehead atoms. The van der Waals surface area contributed by atoms with Crippen molar-refractivity contribution in [2.75, 3.05) is 6.54 Å². The third-order valence-electron chi connectivity index (χ3n) is 4.92. The van der Waals surface area contributed by atoms with Crippen LogP contribution in [0.2, 0.25) is 0 Å². The van der Waals surface area contributed by atoms with Crippen molar-refractivity contribution >= 4 is 0 Å². The molecule has 120 valence electrons. The van der Waals surface area contributed by atoms with E-state index in [1.54, 1.807) is 0 Å². The first kappa shape index (κ1) is 16.5. The van der Waals surface area contributed by atoms with Crippen molar-refractivity contribution < 1.29 is 0 Å². The Labute approximate surface area is 130 Å². The maximum Gasteiger partial charge on any atom is 0.105 e. The molecule has 0 aliphatic heterocycles. The minimum Gasteiger partial charge on any atom is -0.331 e. The smallest absolute Gasteiger partial charge is 0.105 e. The molecule has 1 heterocycles. The van der Waals surface area contributed by atoms with Gasteiger partial charge in [-0.3, -0.25) is 0 Å². The molecule has 1 saturated carbocycles. The summed E-state index contributed by atoms with van der Waals surface area (Å²) in [4.78, 5) is 4.45. The van der Waals surface area contributed by atoms with Crippen molar-refractivity contribution in [2.45, 2.75) is 90.1 Å². The van der Waals surface area contributed by atoms with Crippen molar-refractivity contribution in [2.24, 2.45) is 0 Å². The van der Waals surface area contributed by atoms with Crippen LogP contribution < -0.4 is 5.32 Å². The Balaban J connectivity index is 2.09. The van der Waals surface area contributed by atoms with E-state index in [1.165, 1.54) is 64.2 Å². The summed E-state index contributed by atoms with van der Waals surface area (Å²) in [6.07, 6.45) is 17.9. The SMILES string of the molecule is CCNC1CCCCCCCCCCC1n1ccnc1C. The normalized spacial score (nSPS) is 26.0. The number of imidazole rings is 1. The van der Waals surface area contributed by atoms with E-state index in [4.69, 9.17) is 0 Å². The van der Waals surface area contributed by atoms with Gasteiger partial charge in [-0.25, -0.2) is 4.98 Å². The summed E-state index contributed by atoms with van der Waals surface area (Å²) < 4.78 is 2.42. The monoisotopic (exact) mass is 291 g/mol. The summed E-state index contributed by atoms with van der Waals surface area (Å²) in [6.45, 7) is 5.43. The zero-order valence-electron chi connectivity index (χ0n) is 14.0. The number of rotatable bonds is 3. The van der Waals surface area contributed by atoms with Crippen molar-refractivity contribution in [3.63, 3.8) is 0 Å². The number of nitrogens with one attached hydrogen (secondary N) is 1. The number of likely N-dealkylation sites (N-methyl/N-ethyl adjacent to an activating group) is 1. The number of aryl methyl sites for hydroxylation is 1. The van der Waals surface area contributed by atoms with Crippen LogP contribution in [-0.2, 0) is 0 Å². The second-order valence-corrected chi connectivity index (χ2v) is 6.52. The molecular weight excluding hydrogens is 258 g/mol. The number of hydrogen-bond acceptors (Lipinski definition) is 2. The van der Waals surface area contributed by atoms with Crippen molar-refractivity contribution in [1.82, 2.24) is 14.9 Å². The van der Waals surface area contributed by atoms with Gasteiger partial charge >= 0.3 is 0 Å². The van der Waals surface area contributed by atoms with E-state index in [0.29, 0.717) is 12.1 Å². The van der Waals surface area contributed by atoms with Gasteiger partial charge in [-0.1, -0.05) is 58.3 Å². The van der Waals surface area contributed by atoms with Crippen LogP contribution in [0.1, 0.15) is 83.0 Å². The quantitative estimate of drug-likeness (QED) is 0.880. The molecular formula is C18H33N3. The molecule has 1 aliphatic rings. The Morgan fingerprint density at radius 2 is 1.67 bits per heavy atom. The second-order valence-electron chi connectivity index (χ2n) is 6.52. The summed E-state index contributed by atoms with van der Waals surface area (Å²) in [6, 6.07) is 1.18. The van der Waals surface area contributed by atoms with Crippen molar-refractivity contribution in [3.05, 3.63) is 18.2 Å². The molecule has 3 heteroatoms. The highest BCUT2D eigenvalue weighted by atomic mass is 15.1. The Bertz CT molecular complexity index is 386. The zero-order valence-corrected chi connectivity index (χ0v) is 14.0. The van der Waals surface area contributed by atoms with E-state index in [1.807, 2.05) is 6.20 Å².